The van der Waals surface area contributed by atoms with Gasteiger partial charge >= 0.3 is 12.2 Å². The molecule has 0 unspecified atom stereocenters. The summed E-state index contributed by atoms with van der Waals surface area (Å²) < 4.78 is 39.0. The molecule has 2 aromatic carbocycles. The van der Waals surface area contributed by atoms with Crippen molar-refractivity contribution in [3.63, 3.8) is 0 Å². The summed E-state index contributed by atoms with van der Waals surface area (Å²) in [7, 11) is 0. The maximum Gasteiger partial charge on any atom is 0.390 e. The Kier molecular flexibility index (Phi) is 9.76. The van der Waals surface area contributed by atoms with Crippen LogP contribution in [-0.2, 0) is 6.54 Å². The number of benzene rings is 2. The minimum Gasteiger partial charge on any atom is -0.400 e. The summed E-state index contributed by atoms with van der Waals surface area (Å²) in [5.74, 6) is -0.371. The number of aliphatic imine (C=N–C) groups is 1. The maximum atomic E-state index is 13.1. The first-order chi connectivity index (χ1) is 19.0. The molecule has 0 aromatic heterocycles. The largest absolute Gasteiger partial charge is 0.400 e. The van der Waals surface area contributed by atoms with Crippen LogP contribution in [0, 0.1) is 5.41 Å². The number of nitrogens with two attached hydrogens (primary N) is 1. The number of rotatable bonds is 8. The van der Waals surface area contributed by atoms with E-state index in [0.29, 0.717) is 41.3 Å². The number of hydrogen-bond donors (Lipinski definition) is 3. The van der Waals surface area contributed by atoms with E-state index in [9.17, 15) is 18.0 Å². The molecule has 1 aliphatic heterocycles. The maximum absolute atomic E-state index is 13.1. The molecule has 7 nitrogen and oxygen atoms in total. The molecule has 1 heterocycles. The Hall–Kier alpha value is -3.08. The third kappa shape index (κ3) is 8.22. The van der Waals surface area contributed by atoms with Gasteiger partial charge in [-0.05, 0) is 60.7 Å². The van der Waals surface area contributed by atoms with Crippen LogP contribution in [0.5, 0.6) is 0 Å². The summed E-state index contributed by atoms with van der Waals surface area (Å²) in [6.45, 7) is 0.990. The highest BCUT2D eigenvalue weighted by molar-refractivity contribution is 6.31. The number of alkyl halides is 3. The number of likely N-dealkylation sites (tertiary alicyclic amines) is 1. The zero-order chi connectivity index (χ0) is 28.9. The third-order valence-corrected chi connectivity index (χ3v) is 7.50. The lowest BCUT2D eigenvalue weighted by Crippen LogP contribution is -2.46. The smallest absolute Gasteiger partial charge is 0.390 e. The van der Waals surface area contributed by atoms with Gasteiger partial charge in [-0.1, -0.05) is 41.4 Å². The van der Waals surface area contributed by atoms with E-state index in [1.54, 1.807) is 6.07 Å². The van der Waals surface area contributed by atoms with Gasteiger partial charge in [0, 0.05) is 47.0 Å². The second-order valence-electron chi connectivity index (χ2n) is 9.84. The Morgan fingerprint density at radius 3 is 2.50 bits per heavy atom. The average molecular weight is 595 g/mol. The Labute approximate surface area is 241 Å². The van der Waals surface area contributed by atoms with E-state index in [1.807, 2.05) is 18.2 Å². The number of hydrogen-bond acceptors (Lipinski definition) is 5. The second-order valence-corrected chi connectivity index (χ2v) is 10.7. The summed E-state index contributed by atoms with van der Waals surface area (Å²) in [6, 6.07) is 13.1. The fourth-order valence-electron chi connectivity index (χ4n) is 4.51. The van der Waals surface area contributed by atoms with Gasteiger partial charge in [0.2, 0.25) is 0 Å². The fourth-order valence-corrected chi connectivity index (χ4v) is 4.83. The second kappa shape index (κ2) is 13.1. The monoisotopic (exact) mass is 594 g/mol. The fraction of sp³-hybridized carbons (Fsp3) is 0.393. The van der Waals surface area contributed by atoms with Crippen LogP contribution in [0.1, 0.15) is 36.8 Å². The summed E-state index contributed by atoms with van der Waals surface area (Å²) in [5, 5.41) is 12.0. The number of nitrogens with one attached hydrogen (secondary N) is 2. The molecule has 2 amide bonds. The van der Waals surface area contributed by atoms with Crippen molar-refractivity contribution >= 4 is 40.8 Å². The molecule has 1 saturated carbocycles. The molecule has 4 rings (SSSR count). The summed E-state index contributed by atoms with van der Waals surface area (Å²) in [4.78, 5) is 21.0. The molecule has 4 N–H and O–H groups in total. The molecule has 40 heavy (non-hydrogen) atoms. The highest BCUT2D eigenvalue weighted by atomic mass is 35.5. The molecule has 12 heteroatoms. The predicted octanol–water partition coefficient (Wildman–Crippen LogP) is 6.00. The molecule has 1 saturated heterocycles. The lowest BCUT2D eigenvalue weighted by Gasteiger charge is -2.31. The van der Waals surface area contributed by atoms with Crippen molar-refractivity contribution < 1.29 is 18.0 Å². The lowest BCUT2D eigenvalue weighted by atomic mass is 9.98. The van der Waals surface area contributed by atoms with Crippen LogP contribution in [0.15, 0.2) is 64.8 Å². The van der Waals surface area contributed by atoms with Crippen LogP contribution < -0.4 is 11.1 Å². The number of carbonyl (C=O) groups is 1. The molecule has 0 spiro atoms. The number of amides is 2. The van der Waals surface area contributed by atoms with Crippen molar-refractivity contribution in [2.75, 3.05) is 26.2 Å². The molecule has 2 aliphatic rings. The van der Waals surface area contributed by atoms with Gasteiger partial charge in [-0.2, -0.15) is 13.2 Å². The van der Waals surface area contributed by atoms with E-state index in [0.717, 1.165) is 41.1 Å². The molecule has 214 valence electrons. The van der Waals surface area contributed by atoms with Crippen LogP contribution in [0.4, 0.5) is 18.0 Å². The number of halogens is 5. The Morgan fingerprint density at radius 1 is 1.15 bits per heavy atom. The first-order valence-electron chi connectivity index (χ1n) is 13.0. The highest BCUT2D eigenvalue weighted by Crippen LogP contribution is 2.31. The lowest BCUT2D eigenvalue weighted by molar-refractivity contribution is -0.135. The summed E-state index contributed by atoms with van der Waals surface area (Å²) >= 11 is 12.2. The SMILES string of the molecule is N=C(c1ccc(Cl)cc1)N(CCC(F)(F)F)C(=O)NC/C(N)=C1\CCN(C2CC2)CC1=NCc1ccccc1Cl. The van der Waals surface area contributed by atoms with Gasteiger partial charge in [-0.3, -0.25) is 20.2 Å². The highest BCUT2D eigenvalue weighted by Gasteiger charge is 2.34. The Morgan fingerprint density at radius 2 is 1.85 bits per heavy atom. The first-order valence-corrected chi connectivity index (χ1v) is 13.7. The van der Waals surface area contributed by atoms with E-state index in [4.69, 9.17) is 39.3 Å². The van der Waals surface area contributed by atoms with Crippen molar-refractivity contribution in [2.45, 2.75) is 44.4 Å². The average Bonchev–Trinajstić information content (AvgIpc) is 3.77. The zero-order valence-corrected chi connectivity index (χ0v) is 23.3. The van der Waals surface area contributed by atoms with Crippen LogP contribution >= 0.6 is 23.2 Å². The van der Waals surface area contributed by atoms with Gasteiger partial charge in [0.15, 0.2) is 0 Å². The molecule has 2 aromatic rings. The van der Waals surface area contributed by atoms with Gasteiger partial charge in [-0.25, -0.2) is 4.79 Å². The number of urea groups is 1. The normalized spacial score (nSPS) is 18.5. The van der Waals surface area contributed by atoms with Gasteiger partial charge in [0.25, 0.3) is 0 Å². The van der Waals surface area contributed by atoms with Crippen LogP contribution in [-0.4, -0.2) is 65.8 Å². The molecule has 1 aliphatic carbocycles. The molecular weight excluding hydrogens is 564 g/mol. The Bertz CT molecular complexity index is 1290. The standard InChI is InChI=1S/C28H31Cl2F3N6O/c29-20-7-5-18(6-8-20)26(35)39(14-12-28(31,32)33)27(40)37-16-24(34)22-11-13-38(21-9-10-21)17-25(22)36-15-19-3-1-2-4-23(19)30/h1-8,21,35H,9-17,34H2,(H,37,40)/b24-22-,35-26?,36-25?. The van der Waals surface area contributed by atoms with Crippen molar-refractivity contribution in [3.8, 4) is 0 Å². The van der Waals surface area contributed by atoms with E-state index in [2.05, 4.69) is 10.2 Å². The van der Waals surface area contributed by atoms with E-state index in [1.165, 1.54) is 24.3 Å². The van der Waals surface area contributed by atoms with Crippen molar-refractivity contribution in [1.82, 2.24) is 15.1 Å². The van der Waals surface area contributed by atoms with E-state index >= 15 is 0 Å². The quantitative estimate of drug-likeness (QED) is 0.258. The number of carbonyl (C=O) groups excluding carboxylic acids is 1. The number of amidine groups is 1. The molecule has 0 radical (unpaired) electrons. The van der Waals surface area contributed by atoms with Crippen LogP contribution in [0.3, 0.4) is 0 Å². The van der Waals surface area contributed by atoms with Crippen molar-refractivity contribution in [3.05, 3.63) is 81.0 Å². The molecule has 0 atom stereocenters. The number of piperidine rings is 1. The summed E-state index contributed by atoms with van der Waals surface area (Å²) in [5.41, 5.74) is 9.60. The zero-order valence-electron chi connectivity index (χ0n) is 21.8. The van der Waals surface area contributed by atoms with Crippen LogP contribution in [0.2, 0.25) is 10.0 Å². The minimum absolute atomic E-state index is 0.0981. The predicted molar refractivity (Wildman–Crippen MR) is 152 cm³/mol. The topological polar surface area (TPSA) is 97.8 Å². The van der Waals surface area contributed by atoms with E-state index < -0.39 is 25.2 Å². The van der Waals surface area contributed by atoms with Gasteiger partial charge < -0.3 is 11.1 Å². The third-order valence-electron chi connectivity index (χ3n) is 6.88. The summed E-state index contributed by atoms with van der Waals surface area (Å²) in [6.07, 6.45) is -2.82. The Balaban J connectivity index is 1.50. The van der Waals surface area contributed by atoms with E-state index in [-0.39, 0.29) is 17.9 Å². The van der Waals surface area contributed by atoms with Gasteiger partial charge in [0.1, 0.15) is 5.84 Å². The molecule has 0 bridgehead atoms. The van der Waals surface area contributed by atoms with Gasteiger partial charge in [-0.15, -0.1) is 0 Å². The molecular formula is C28H31Cl2F3N6O. The van der Waals surface area contributed by atoms with Crippen LogP contribution in [0.25, 0.3) is 0 Å². The minimum atomic E-state index is -4.50. The molecule has 2 fully saturated rings. The van der Waals surface area contributed by atoms with Crippen molar-refractivity contribution in [2.24, 2.45) is 10.7 Å². The number of nitrogens with zero attached hydrogens (tertiary/aromatic N) is 3. The van der Waals surface area contributed by atoms with Crippen molar-refractivity contribution in [1.29, 1.82) is 5.41 Å². The first kappa shape index (κ1) is 29.9. The van der Waals surface area contributed by atoms with Gasteiger partial charge in [0.05, 0.1) is 25.2 Å².